The zero-order chi connectivity index (χ0) is 19.3. The van der Waals surface area contributed by atoms with Gasteiger partial charge in [-0.05, 0) is 48.4 Å². The number of carbonyl (C=O) groups is 2. The molecule has 146 valence electrons. The van der Waals surface area contributed by atoms with Gasteiger partial charge in [-0.15, -0.1) is 0 Å². The van der Waals surface area contributed by atoms with Gasteiger partial charge in [0.2, 0.25) is 5.91 Å². The minimum atomic E-state index is -0.0510. The molecule has 28 heavy (non-hydrogen) atoms. The van der Waals surface area contributed by atoms with E-state index in [0.29, 0.717) is 12.3 Å². The van der Waals surface area contributed by atoms with Gasteiger partial charge in [0.1, 0.15) is 0 Å². The van der Waals surface area contributed by atoms with E-state index in [1.165, 1.54) is 0 Å². The predicted molar refractivity (Wildman–Crippen MR) is 111 cm³/mol. The fourth-order valence-electron chi connectivity index (χ4n) is 4.19. The summed E-state index contributed by atoms with van der Waals surface area (Å²) in [5, 5.41) is 3.02. The molecule has 1 N–H and O–H groups in total. The molecule has 2 saturated heterocycles. The zero-order valence-corrected chi connectivity index (χ0v) is 16.1. The summed E-state index contributed by atoms with van der Waals surface area (Å²) >= 11 is 0. The molecule has 2 aromatic carbocycles. The van der Waals surface area contributed by atoms with Crippen molar-refractivity contribution in [3.8, 4) is 11.1 Å². The van der Waals surface area contributed by atoms with Crippen molar-refractivity contribution in [1.82, 2.24) is 9.80 Å². The summed E-state index contributed by atoms with van der Waals surface area (Å²) in [5.41, 5.74) is 3.10. The molecule has 4 rings (SSSR count). The highest BCUT2D eigenvalue weighted by atomic mass is 16.2. The van der Waals surface area contributed by atoms with Gasteiger partial charge in [-0.3, -0.25) is 4.79 Å². The van der Waals surface area contributed by atoms with Crippen LogP contribution in [0.15, 0.2) is 54.6 Å². The van der Waals surface area contributed by atoms with E-state index in [1.54, 1.807) is 0 Å². The number of rotatable bonds is 4. The Morgan fingerprint density at radius 3 is 2.43 bits per heavy atom. The van der Waals surface area contributed by atoms with Gasteiger partial charge in [0, 0.05) is 38.3 Å². The fraction of sp³-hybridized carbons (Fsp3) is 0.391. The standard InChI is InChI=1S/C23H27N3O2/c27-22-9-5-14-25(22)16-18-6-4-15-26(17-18)23(28)24-21-12-10-20(11-13-21)19-7-2-1-3-8-19/h1-3,7-8,10-13,18H,4-6,9,14-17H2,(H,24,28). The van der Waals surface area contributed by atoms with Crippen LogP contribution in [0.4, 0.5) is 10.5 Å². The summed E-state index contributed by atoms with van der Waals surface area (Å²) in [4.78, 5) is 28.4. The molecule has 0 radical (unpaired) electrons. The number of anilines is 1. The summed E-state index contributed by atoms with van der Waals surface area (Å²) in [5.74, 6) is 0.641. The number of hydrogen-bond acceptors (Lipinski definition) is 2. The monoisotopic (exact) mass is 377 g/mol. The van der Waals surface area contributed by atoms with E-state index < -0.39 is 0 Å². The van der Waals surface area contributed by atoms with Crippen LogP contribution >= 0.6 is 0 Å². The SMILES string of the molecule is O=C1CCCN1CC1CCCN(C(=O)Nc2ccc(-c3ccccc3)cc2)C1. The largest absolute Gasteiger partial charge is 0.342 e. The topological polar surface area (TPSA) is 52.7 Å². The third-order valence-corrected chi connectivity index (χ3v) is 5.70. The number of hydrogen-bond donors (Lipinski definition) is 1. The smallest absolute Gasteiger partial charge is 0.321 e. The summed E-state index contributed by atoms with van der Waals surface area (Å²) in [6, 6.07) is 18.1. The van der Waals surface area contributed by atoms with Gasteiger partial charge in [-0.1, -0.05) is 42.5 Å². The van der Waals surface area contributed by atoms with E-state index >= 15 is 0 Å². The van der Waals surface area contributed by atoms with Gasteiger partial charge < -0.3 is 15.1 Å². The van der Waals surface area contributed by atoms with Gasteiger partial charge in [0.05, 0.1) is 0 Å². The first-order valence-electron chi connectivity index (χ1n) is 10.2. The van der Waals surface area contributed by atoms with Gasteiger partial charge in [-0.25, -0.2) is 4.79 Å². The molecule has 1 atom stereocenters. The normalized spacial score (nSPS) is 19.7. The Labute approximate surface area is 166 Å². The minimum Gasteiger partial charge on any atom is -0.342 e. The number of likely N-dealkylation sites (tertiary alicyclic amines) is 2. The van der Waals surface area contributed by atoms with Crippen molar-refractivity contribution < 1.29 is 9.59 Å². The molecule has 2 heterocycles. The number of urea groups is 1. The maximum atomic E-state index is 12.7. The molecule has 2 aliphatic heterocycles. The highest BCUT2D eigenvalue weighted by Crippen LogP contribution is 2.23. The van der Waals surface area contributed by atoms with Gasteiger partial charge in [-0.2, -0.15) is 0 Å². The summed E-state index contributed by atoms with van der Waals surface area (Å²) in [6.07, 6.45) is 3.72. The summed E-state index contributed by atoms with van der Waals surface area (Å²) in [6.45, 7) is 3.15. The number of nitrogens with one attached hydrogen (secondary N) is 1. The molecule has 2 aromatic rings. The second-order valence-electron chi connectivity index (χ2n) is 7.77. The first-order valence-corrected chi connectivity index (χ1v) is 10.2. The van der Waals surface area contributed by atoms with Crippen molar-refractivity contribution in [3.05, 3.63) is 54.6 Å². The van der Waals surface area contributed by atoms with E-state index in [-0.39, 0.29) is 11.9 Å². The lowest BCUT2D eigenvalue weighted by Crippen LogP contribution is -2.45. The molecule has 5 nitrogen and oxygen atoms in total. The van der Waals surface area contributed by atoms with E-state index in [1.807, 2.05) is 52.3 Å². The first-order chi connectivity index (χ1) is 13.7. The van der Waals surface area contributed by atoms with Gasteiger partial charge >= 0.3 is 6.03 Å². The van der Waals surface area contributed by atoms with Crippen LogP contribution in [0.5, 0.6) is 0 Å². The molecule has 0 saturated carbocycles. The number of nitrogens with zero attached hydrogens (tertiary/aromatic N) is 2. The van der Waals surface area contributed by atoms with Crippen LogP contribution in [0.2, 0.25) is 0 Å². The minimum absolute atomic E-state index is 0.0510. The number of amides is 3. The molecule has 0 spiro atoms. The summed E-state index contributed by atoms with van der Waals surface area (Å²) in [7, 11) is 0. The number of piperidine rings is 1. The van der Waals surface area contributed by atoms with Crippen molar-refractivity contribution >= 4 is 17.6 Å². The van der Waals surface area contributed by atoms with Crippen molar-refractivity contribution in [2.75, 3.05) is 31.5 Å². The third-order valence-electron chi connectivity index (χ3n) is 5.70. The zero-order valence-electron chi connectivity index (χ0n) is 16.1. The quantitative estimate of drug-likeness (QED) is 0.867. The number of carbonyl (C=O) groups excluding carboxylic acids is 2. The molecular weight excluding hydrogens is 350 g/mol. The Hall–Kier alpha value is -2.82. The lowest BCUT2D eigenvalue weighted by Gasteiger charge is -2.34. The van der Waals surface area contributed by atoms with Crippen LogP contribution in [-0.4, -0.2) is 47.9 Å². The second-order valence-corrected chi connectivity index (χ2v) is 7.77. The lowest BCUT2D eigenvalue weighted by atomic mass is 9.97. The maximum absolute atomic E-state index is 12.7. The van der Waals surface area contributed by atoms with Crippen LogP contribution in [-0.2, 0) is 4.79 Å². The Balaban J connectivity index is 1.33. The van der Waals surface area contributed by atoms with Crippen LogP contribution in [0, 0.1) is 5.92 Å². The predicted octanol–water partition coefficient (Wildman–Crippen LogP) is 4.22. The number of benzene rings is 2. The van der Waals surface area contributed by atoms with E-state index in [0.717, 1.165) is 62.3 Å². The molecule has 3 amide bonds. The average molecular weight is 377 g/mol. The third kappa shape index (κ3) is 4.35. The van der Waals surface area contributed by atoms with E-state index in [2.05, 4.69) is 17.4 Å². The maximum Gasteiger partial charge on any atom is 0.321 e. The average Bonchev–Trinajstić information content (AvgIpc) is 3.14. The Morgan fingerprint density at radius 1 is 0.964 bits per heavy atom. The van der Waals surface area contributed by atoms with Crippen molar-refractivity contribution in [2.45, 2.75) is 25.7 Å². The van der Waals surface area contributed by atoms with Crippen LogP contribution in [0.3, 0.4) is 0 Å². The lowest BCUT2D eigenvalue weighted by molar-refractivity contribution is -0.128. The summed E-state index contributed by atoms with van der Waals surface area (Å²) < 4.78 is 0. The van der Waals surface area contributed by atoms with Crippen molar-refractivity contribution in [3.63, 3.8) is 0 Å². The van der Waals surface area contributed by atoms with Crippen LogP contribution in [0.25, 0.3) is 11.1 Å². The second kappa shape index (κ2) is 8.46. The van der Waals surface area contributed by atoms with E-state index in [4.69, 9.17) is 0 Å². The van der Waals surface area contributed by atoms with Crippen molar-refractivity contribution in [2.24, 2.45) is 5.92 Å². The Kier molecular flexibility index (Phi) is 5.60. The van der Waals surface area contributed by atoms with Gasteiger partial charge in [0.15, 0.2) is 0 Å². The van der Waals surface area contributed by atoms with Crippen molar-refractivity contribution in [1.29, 1.82) is 0 Å². The molecule has 0 aromatic heterocycles. The molecule has 0 bridgehead atoms. The van der Waals surface area contributed by atoms with Gasteiger partial charge in [0.25, 0.3) is 0 Å². The highest BCUT2D eigenvalue weighted by Gasteiger charge is 2.28. The molecule has 1 unspecified atom stereocenters. The molecule has 2 aliphatic rings. The Morgan fingerprint density at radius 2 is 1.71 bits per heavy atom. The Bertz CT molecular complexity index is 820. The fourth-order valence-corrected chi connectivity index (χ4v) is 4.19. The molecule has 5 heteroatoms. The molecular formula is C23H27N3O2. The van der Waals surface area contributed by atoms with Crippen LogP contribution in [0.1, 0.15) is 25.7 Å². The molecule has 2 fully saturated rings. The first kappa shape index (κ1) is 18.5. The highest BCUT2D eigenvalue weighted by molar-refractivity contribution is 5.89. The molecule has 0 aliphatic carbocycles. The van der Waals surface area contributed by atoms with E-state index in [9.17, 15) is 9.59 Å². The van der Waals surface area contributed by atoms with Crippen LogP contribution < -0.4 is 5.32 Å².